The molecule has 0 saturated heterocycles. The molecule has 0 bridgehead atoms. The van der Waals surface area contributed by atoms with E-state index < -0.39 is 0 Å². The van der Waals surface area contributed by atoms with Gasteiger partial charge in [0.05, 0.1) is 11.9 Å². The number of rotatable bonds is 4. The van der Waals surface area contributed by atoms with Crippen molar-refractivity contribution >= 4 is 17.4 Å². The molecule has 1 aliphatic rings. The van der Waals surface area contributed by atoms with Gasteiger partial charge >= 0.3 is 0 Å². The van der Waals surface area contributed by atoms with Crippen molar-refractivity contribution in [3.63, 3.8) is 0 Å². The molecule has 1 saturated carbocycles. The number of nitrogens with one attached hydrogen (secondary N) is 1. The first-order valence-corrected chi connectivity index (χ1v) is 6.21. The smallest absolute Gasteiger partial charge is 0.226 e. The van der Waals surface area contributed by atoms with Crippen LogP contribution in [0.3, 0.4) is 0 Å². The molecule has 1 aliphatic carbocycles. The second-order valence-corrected chi connectivity index (χ2v) is 5.24. The third-order valence-electron chi connectivity index (χ3n) is 3.35. The lowest BCUT2D eigenvalue weighted by molar-refractivity contribution is -0.118. The van der Waals surface area contributed by atoms with Crippen molar-refractivity contribution in [1.82, 2.24) is 4.98 Å². The number of carbonyl (C=O) groups is 1. The van der Waals surface area contributed by atoms with Gasteiger partial charge in [-0.2, -0.15) is 0 Å². The Kier molecular flexibility index (Phi) is 3.52. The van der Waals surface area contributed by atoms with E-state index in [0.29, 0.717) is 12.1 Å². The molecule has 1 amide bonds. The maximum atomic E-state index is 11.8. The number of carbonyl (C=O) groups excluding carboxylic acids is 1. The average Bonchev–Trinajstić information content (AvgIpc) is 2.27. The number of hydrogen-bond donors (Lipinski definition) is 2. The van der Waals surface area contributed by atoms with Gasteiger partial charge in [0.25, 0.3) is 0 Å². The maximum absolute atomic E-state index is 11.8. The van der Waals surface area contributed by atoms with Crippen LogP contribution in [0.5, 0.6) is 0 Å². The van der Waals surface area contributed by atoms with Crippen molar-refractivity contribution in [2.45, 2.75) is 31.2 Å². The minimum Gasteiger partial charge on any atom is -0.363 e. The van der Waals surface area contributed by atoms with Crippen LogP contribution in [0.2, 0.25) is 0 Å². The summed E-state index contributed by atoms with van der Waals surface area (Å²) >= 11 is 0. The zero-order valence-electron chi connectivity index (χ0n) is 10.9. The lowest BCUT2D eigenvalue weighted by Crippen LogP contribution is -2.48. The normalized spacial score (nSPS) is 16.8. The zero-order chi connectivity index (χ0) is 13.2. The highest BCUT2D eigenvalue weighted by atomic mass is 16.1. The van der Waals surface area contributed by atoms with E-state index in [2.05, 4.69) is 10.3 Å². The monoisotopic (exact) mass is 248 g/mol. The zero-order valence-corrected chi connectivity index (χ0v) is 10.9. The van der Waals surface area contributed by atoms with Crippen LogP contribution in [0, 0.1) is 0 Å². The Balaban J connectivity index is 1.90. The van der Waals surface area contributed by atoms with Gasteiger partial charge in [0, 0.05) is 26.1 Å². The molecule has 5 nitrogen and oxygen atoms in total. The highest BCUT2D eigenvalue weighted by Gasteiger charge is 2.34. The number of amides is 1. The summed E-state index contributed by atoms with van der Waals surface area (Å²) in [6.45, 7) is 0. The Morgan fingerprint density at radius 1 is 1.50 bits per heavy atom. The van der Waals surface area contributed by atoms with Crippen molar-refractivity contribution in [3.05, 3.63) is 18.3 Å². The summed E-state index contributed by atoms with van der Waals surface area (Å²) < 4.78 is 0. The largest absolute Gasteiger partial charge is 0.363 e. The van der Waals surface area contributed by atoms with Gasteiger partial charge in [-0.1, -0.05) is 0 Å². The Morgan fingerprint density at radius 3 is 2.67 bits per heavy atom. The van der Waals surface area contributed by atoms with Gasteiger partial charge in [-0.25, -0.2) is 4.98 Å². The van der Waals surface area contributed by atoms with E-state index >= 15 is 0 Å². The van der Waals surface area contributed by atoms with Gasteiger partial charge < -0.3 is 16.0 Å². The molecule has 5 heteroatoms. The molecular formula is C13H20N4O. The number of anilines is 2. The van der Waals surface area contributed by atoms with Crippen molar-refractivity contribution in [1.29, 1.82) is 0 Å². The van der Waals surface area contributed by atoms with E-state index in [1.807, 2.05) is 31.1 Å². The molecule has 1 heterocycles. The van der Waals surface area contributed by atoms with Crippen LogP contribution in [-0.2, 0) is 4.79 Å². The van der Waals surface area contributed by atoms with Crippen LogP contribution < -0.4 is 16.0 Å². The molecular weight excluding hydrogens is 228 g/mol. The first-order valence-electron chi connectivity index (χ1n) is 6.21. The molecule has 0 radical (unpaired) electrons. The van der Waals surface area contributed by atoms with E-state index in [1.54, 1.807) is 6.20 Å². The van der Waals surface area contributed by atoms with E-state index in [0.717, 1.165) is 25.1 Å². The number of aromatic nitrogens is 1. The molecule has 18 heavy (non-hydrogen) atoms. The summed E-state index contributed by atoms with van der Waals surface area (Å²) in [6.07, 6.45) is 5.07. The van der Waals surface area contributed by atoms with Gasteiger partial charge in [0.1, 0.15) is 5.82 Å². The van der Waals surface area contributed by atoms with Gasteiger partial charge in [0.15, 0.2) is 0 Å². The summed E-state index contributed by atoms with van der Waals surface area (Å²) in [5.74, 6) is 0.832. The Bertz CT molecular complexity index is 423. The quantitative estimate of drug-likeness (QED) is 0.844. The van der Waals surface area contributed by atoms with Crippen molar-refractivity contribution < 1.29 is 4.79 Å². The number of nitrogens with zero attached hydrogens (tertiary/aromatic N) is 2. The fraction of sp³-hybridized carbons (Fsp3) is 0.538. The standard InChI is InChI=1S/C13H20N4O/c1-17(2)11-5-4-10(9-15-11)16-12(18)8-13(14)6-3-7-13/h4-5,9H,3,6-8,14H2,1-2H3,(H,16,18). The first-order chi connectivity index (χ1) is 8.48. The van der Waals surface area contributed by atoms with Gasteiger partial charge in [-0.3, -0.25) is 4.79 Å². The highest BCUT2D eigenvalue weighted by molar-refractivity contribution is 5.91. The summed E-state index contributed by atoms with van der Waals surface area (Å²) in [4.78, 5) is 18.0. The highest BCUT2D eigenvalue weighted by Crippen LogP contribution is 2.32. The second kappa shape index (κ2) is 4.94. The fourth-order valence-electron chi connectivity index (χ4n) is 2.06. The molecule has 3 N–H and O–H groups in total. The summed E-state index contributed by atoms with van der Waals surface area (Å²) in [7, 11) is 3.85. The Hall–Kier alpha value is -1.62. The molecule has 0 aromatic carbocycles. The molecule has 1 fully saturated rings. The van der Waals surface area contributed by atoms with Gasteiger partial charge in [0.2, 0.25) is 5.91 Å². The van der Waals surface area contributed by atoms with Crippen LogP contribution in [-0.4, -0.2) is 30.5 Å². The number of nitrogens with two attached hydrogens (primary N) is 1. The molecule has 2 rings (SSSR count). The molecule has 0 aliphatic heterocycles. The van der Waals surface area contributed by atoms with Crippen LogP contribution in [0.25, 0.3) is 0 Å². The third-order valence-corrected chi connectivity index (χ3v) is 3.35. The van der Waals surface area contributed by atoms with Crippen LogP contribution in [0.15, 0.2) is 18.3 Å². The molecule has 0 spiro atoms. The Morgan fingerprint density at radius 2 is 2.22 bits per heavy atom. The molecule has 0 atom stereocenters. The van der Waals surface area contributed by atoms with Crippen LogP contribution in [0.1, 0.15) is 25.7 Å². The van der Waals surface area contributed by atoms with Crippen molar-refractivity contribution in [3.8, 4) is 0 Å². The fourth-order valence-corrected chi connectivity index (χ4v) is 2.06. The van der Waals surface area contributed by atoms with Crippen LogP contribution in [0.4, 0.5) is 11.5 Å². The maximum Gasteiger partial charge on any atom is 0.226 e. The predicted molar refractivity (Wildman–Crippen MR) is 72.6 cm³/mol. The average molecular weight is 248 g/mol. The second-order valence-electron chi connectivity index (χ2n) is 5.24. The van der Waals surface area contributed by atoms with E-state index in [-0.39, 0.29) is 11.4 Å². The van der Waals surface area contributed by atoms with E-state index in [1.165, 1.54) is 0 Å². The summed E-state index contributed by atoms with van der Waals surface area (Å²) in [5.41, 5.74) is 6.48. The summed E-state index contributed by atoms with van der Waals surface area (Å²) in [6, 6.07) is 3.72. The van der Waals surface area contributed by atoms with Crippen molar-refractivity contribution in [2.24, 2.45) is 5.73 Å². The van der Waals surface area contributed by atoms with E-state index in [4.69, 9.17) is 5.73 Å². The van der Waals surface area contributed by atoms with Gasteiger partial charge in [-0.15, -0.1) is 0 Å². The van der Waals surface area contributed by atoms with E-state index in [9.17, 15) is 4.79 Å². The Labute approximate surface area is 107 Å². The molecule has 0 unspecified atom stereocenters. The first kappa shape index (κ1) is 12.8. The molecule has 1 aromatic heterocycles. The predicted octanol–water partition coefficient (Wildman–Crippen LogP) is 1.36. The molecule has 1 aromatic rings. The summed E-state index contributed by atoms with van der Waals surface area (Å²) in [5, 5.41) is 2.83. The van der Waals surface area contributed by atoms with Crippen LogP contribution >= 0.6 is 0 Å². The van der Waals surface area contributed by atoms with Crippen molar-refractivity contribution in [2.75, 3.05) is 24.3 Å². The number of hydrogen-bond acceptors (Lipinski definition) is 4. The molecule has 98 valence electrons. The third kappa shape index (κ3) is 2.98. The lowest BCUT2D eigenvalue weighted by Gasteiger charge is -2.37. The lowest BCUT2D eigenvalue weighted by atomic mass is 9.75. The van der Waals surface area contributed by atoms with Gasteiger partial charge in [-0.05, 0) is 31.4 Å². The SMILES string of the molecule is CN(C)c1ccc(NC(=O)CC2(N)CCC2)cn1. The minimum atomic E-state index is -0.277. The minimum absolute atomic E-state index is 0.0309. The number of pyridine rings is 1. The topological polar surface area (TPSA) is 71.2 Å².